The quantitative estimate of drug-likeness (QED) is 0.508. The Labute approximate surface area is 142 Å². The van der Waals surface area contributed by atoms with Crippen molar-refractivity contribution in [3.63, 3.8) is 0 Å². The molecule has 24 heavy (non-hydrogen) atoms. The van der Waals surface area contributed by atoms with Crippen molar-refractivity contribution in [2.75, 3.05) is 25.7 Å². The van der Waals surface area contributed by atoms with Gasteiger partial charge in [-0.2, -0.15) is 0 Å². The number of ether oxygens (including phenoxy) is 2. The van der Waals surface area contributed by atoms with Gasteiger partial charge in [-0.3, -0.25) is 4.57 Å². The van der Waals surface area contributed by atoms with E-state index in [1.807, 2.05) is 42.5 Å². The lowest BCUT2D eigenvalue weighted by Crippen LogP contribution is -2.06. The highest BCUT2D eigenvalue weighted by atomic mass is 31.2. The van der Waals surface area contributed by atoms with Crippen molar-refractivity contribution in [2.45, 2.75) is 12.8 Å². The molecule has 0 bridgehead atoms. The third-order valence-corrected chi connectivity index (χ3v) is 5.00. The maximum absolute atomic E-state index is 12.1. The predicted octanol–water partition coefficient (Wildman–Crippen LogP) is 3.26. The Kier molecular flexibility index (Phi) is 7.32. The molecule has 0 saturated heterocycles. The first-order valence-electron chi connectivity index (χ1n) is 7.99. The van der Waals surface area contributed by atoms with Gasteiger partial charge in [-0.25, -0.2) is 0 Å². The Balaban J connectivity index is 1.69. The molecule has 0 spiro atoms. The predicted molar refractivity (Wildman–Crippen MR) is 95.9 cm³/mol. The van der Waals surface area contributed by atoms with Gasteiger partial charge in [-0.15, -0.1) is 0 Å². The Morgan fingerprint density at radius 1 is 0.958 bits per heavy atom. The van der Waals surface area contributed by atoms with Crippen LogP contribution in [0, 0.1) is 0 Å². The van der Waals surface area contributed by atoms with Gasteiger partial charge in [0.15, 0.2) is 6.35 Å². The Hall–Kier alpha value is -1.81. The van der Waals surface area contributed by atoms with Crippen LogP contribution < -0.4 is 15.2 Å². The van der Waals surface area contributed by atoms with Gasteiger partial charge in [0.2, 0.25) is 7.37 Å². The molecule has 0 amide bonds. The van der Waals surface area contributed by atoms with Crippen LogP contribution in [-0.4, -0.2) is 30.6 Å². The van der Waals surface area contributed by atoms with Crippen LogP contribution in [0.3, 0.4) is 0 Å². The summed E-state index contributed by atoms with van der Waals surface area (Å²) in [6.45, 7) is 0.999. The summed E-state index contributed by atoms with van der Waals surface area (Å²) >= 11 is 0. The van der Waals surface area contributed by atoms with E-state index in [9.17, 15) is 9.46 Å². The number of hydrogen-bond acceptors (Lipinski definition) is 4. The summed E-state index contributed by atoms with van der Waals surface area (Å²) in [5, 5.41) is 0. The third kappa shape index (κ3) is 6.75. The van der Waals surface area contributed by atoms with Gasteiger partial charge >= 0.3 is 0 Å². The number of para-hydroxylation sites is 1. The lowest BCUT2D eigenvalue weighted by Gasteiger charge is -2.13. The van der Waals surface area contributed by atoms with E-state index < -0.39 is 7.37 Å². The minimum absolute atomic E-state index is 0.172. The molecule has 0 aliphatic rings. The highest BCUT2D eigenvalue weighted by Crippen LogP contribution is 2.41. The Morgan fingerprint density at radius 3 is 2.29 bits per heavy atom. The van der Waals surface area contributed by atoms with Gasteiger partial charge in [0, 0.05) is 6.16 Å². The molecule has 0 saturated carbocycles. The van der Waals surface area contributed by atoms with Gasteiger partial charge in [-0.05, 0) is 49.2 Å². The van der Waals surface area contributed by atoms with Crippen LogP contribution in [0.4, 0.5) is 0 Å². The van der Waals surface area contributed by atoms with E-state index in [0.717, 1.165) is 17.7 Å². The zero-order valence-electron chi connectivity index (χ0n) is 13.6. The molecule has 5 nitrogen and oxygen atoms in total. The molecule has 0 fully saturated rings. The van der Waals surface area contributed by atoms with Gasteiger partial charge in [0.25, 0.3) is 0 Å². The molecule has 0 radical (unpaired) electrons. The summed E-state index contributed by atoms with van der Waals surface area (Å²) < 4.78 is 23.1. The fraction of sp³-hybridized carbons (Fsp3) is 0.333. The average Bonchev–Trinajstić information content (AvgIpc) is 2.60. The van der Waals surface area contributed by atoms with Crippen LogP contribution in [0.1, 0.15) is 12.0 Å². The molecular weight excluding hydrogens is 325 g/mol. The second-order valence-electron chi connectivity index (χ2n) is 5.54. The van der Waals surface area contributed by atoms with E-state index in [1.165, 1.54) is 0 Å². The highest BCUT2D eigenvalue weighted by Gasteiger charge is 2.19. The normalized spacial score (nSPS) is 13.2. The summed E-state index contributed by atoms with van der Waals surface area (Å²) in [5.41, 5.74) is 6.62. The fourth-order valence-electron chi connectivity index (χ4n) is 2.18. The zero-order chi connectivity index (χ0) is 17.3. The molecule has 3 N–H and O–H groups in total. The molecule has 1 unspecified atom stereocenters. The third-order valence-electron chi connectivity index (χ3n) is 3.45. The summed E-state index contributed by atoms with van der Waals surface area (Å²) in [6, 6.07) is 16.8. The van der Waals surface area contributed by atoms with Crippen LogP contribution >= 0.6 is 7.37 Å². The Morgan fingerprint density at radius 2 is 1.62 bits per heavy atom. The van der Waals surface area contributed by atoms with Crippen molar-refractivity contribution in [2.24, 2.45) is 5.73 Å². The number of nitrogens with two attached hydrogens (primary N) is 1. The van der Waals surface area contributed by atoms with Crippen molar-refractivity contribution in [3.05, 3.63) is 60.2 Å². The molecular formula is C18H24NO4P. The average molecular weight is 349 g/mol. The number of benzene rings is 2. The molecule has 1 atom stereocenters. The van der Waals surface area contributed by atoms with E-state index in [0.29, 0.717) is 25.3 Å². The fourth-order valence-corrected chi connectivity index (χ4v) is 3.28. The topological polar surface area (TPSA) is 81.8 Å². The van der Waals surface area contributed by atoms with Crippen molar-refractivity contribution in [1.82, 2.24) is 0 Å². The van der Waals surface area contributed by atoms with Crippen LogP contribution in [0.25, 0.3) is 0 Å². The zero-order valence-corrected chi connectivity index (χ0v) is 14.5. The van der Waals surface area contributed by atoms with E-state index in [2.05, 4.69) is 0 Å². The van der Waals surface area contributed by atoms with Crippen LogP contribution in [-0.2, 0) is 11.0 Å². The first-order valence-corrected chi connectivity index (χ1v) is 10.0. The molecule has 2 aromatic rings. The van der Waals surface area contributed by atoms with Crippen molar-refractivity contribution in [3.8, 4) is 11.5 Å². The first-order chi connectivity index (χ1) is 11.6. The Bertz CT molecular complexity index is 646. The second-order valence-corrected chi connectivity index (χ2v) is 7.94. The summed E-state index contributed by atoms with van der Waals surface area (Å²) in [4.78, 5) is 9.97. The van der Waals surface area contributed by atoms with Crippen molar-refractivity contribution >= 4 is 7.37 Å². The van der Waals surface area contributed by atoms with Gasteiger partial charge in [-0.1, -0.05) is 30.3 Å². The second kappa shape index (κ2) is 9.48. The monoisotopic (exact) mass is 349 g/mol. The molecule has 130 valence electrons. The summed E-state index contributed by atoms with van der Waals surface area (Å²) in [5.74, 6) is 1.35. The molecule has 2 rings (SSSR count). The van der Waals surface area contributed by atoms with E-state index in [4.69, 9.17) is 15.2 Å². The highest BCUT2D eigenvalue weighted by molar-refractivity contribution is 7.57. The maximum atomic E-state index is 12.1. The van der Waals surface area contributed by atoms with Gasteiger partial charge in [0.1, 0.15) is 11.5 Å². The van der Waals surface area contributed by atoms with Crippen LogP contribution in [0.2, 0.25) is 0 Å². The largest absolute Gasteiger partial charge is 0.494 e. The molecule has 0 heterocycles. The minimum Gasteiger partial charge on any atom is -0.494 e. The lowest BCUT2D eigenvalue weighted by molar-refractivity contribution is 0.311. The van der Waals surface area contributed by atoms with Crippen molar-refractivity contribution < 1.29 is 18.9 Å². The molecule has 0 aliphatic heterocycles. The van der Waals surface area contributed by atoms with E-state index in [-0.39, 0.29) is 12.5 Å². The van der Waals surface area contributed by atoms with Crippen LogP contribution in [0.15, 0.2) is 54.6 Å². The molecule has 0 aliphatic carbocycles. The molecule has 6 heteroatoms. The molecule has 2 aromatic carbocycles. The maximum Gasteiger partial charge on any atom is 0.237 e. The lowest BCUT2D eigenvalue weighted by atomic mass is 10.1. The summed E-state index contributed by atoms with van der Waals surface area (Å²) in [7, 11) is -3.33. The van der Waals surface area contributed by atoms with Crippen molar-refractivity contribution in [1.29, 1.82) is 0 Å². The number of hydrogen-bond donors (Lipinski definition) is 2. The molecule has 0 aromatic heterocycles. The van der Waals surface area contributed by atoms with Gasteiger partial charge < -0.3 is 20.1 Å². The van der Waals surface area contributed by atoms with Crippen LogP contribution in [0.5, 0.6) is 11.5 Å². The van der Waals surface area contributed by atoms with E-state index in [1.54, 1.807) is 12.1 Å². The number of rotatable bonds is 10. The standard InChI is InChI=1S/C18H24NO4P/c19-12-11-16-7-9-18(10-8-16)23-15-24(20,21)14-4-13-22-17-5-2-1-3-6-17/h1-3,5-10H,4,11-15,19H2,(H,20,21). The SMILES string of the molecule is NCCc1ccc(OCP(=O)(O)CCCOc2ccccc2)cc1. The van der Waals surface area contributed by atoms with Gasteiger partial charge in [0.05, 0.1) is 6.61 Å². The summed E-state index contributed by atoms with van der Waals surface area (Å²) in [6.07, 6.45) is 1.29. The smallest absolute Gasteiger partial charge is 0.237 e. The van der Waals surface area contributed by atoms with E-state index >= 15 is 0 Å². The minimum atomic E-state index is -3.33. The first kappa shape index (κ1) is 18.5.